The molecule has 0 heterocycles. The van der Waals surface area contributed by atoms with Gasteiger partial charge < -0.3 is 10.5 Å². The lowest BCUT2D eigenvalue weighted by Crippen LogP contribution is -2.10. The number of nitrogens with zero attached hydrogens (tertiary/aromatic N) is 1. The highest BCUT2D eigenvalue weighted by atomic mass is 16.5. The predicted octanol–water partition coefficient (Wildman–Crippen LogP) is 1.98. The normalized spacial score (nSPS) is 11.9. The van der Waals surface area contributed by atoms with Gasteiger partial charge in [-0.2, -0.15) is 5.26 Å². The predicted molar refractivity (Wildman–Crippen MR) is 54.9 cm³/mol. The van der Waals surface area contributed by atoms with E-state index in [0.29, 0.717) is 11.3 Å². The third-order valence-electron chi connectivity index (χ3n) is 2.20. The third-order valence-corrected chi connectivity index (χ3v) is 2.20. The van der Waals surface area contributed by atoms with Gasteiger partial charge in [-0.1, -0.05) is 13.0 Å². The Hall–Kier alpha value is -1.53. The Balaban J connectivity index is 3.13. The molecule has 0 spiro atoms. The van der Waals surface area contributed by atoms with Gasteiger partial charge in [0.1, 0.15) is 5.75 Å². The number of ether oxygens (including phenoxy) is 1. The van der Waals surface area contributed by atoms with Crippen molar-refractivity contribution in [2.24, 2.45) is 5.73 Å². The van der Waals surface area contributed by atoms with E-state index in [1.807, 2.05) is 13.0 Å². The molecule has 0 aliphatic rings. The lowest BCUT2D eigenvalue weighted by Gasteiger charge is -2.13. The van der Waals surface area contributed by atoms with E-state index in [2.05, 4.69) is 6.07 Å². The summed E-state index contributed by atoms with van der Waals surface area (Å²) in [5.41, 5.74) is 7.44. The summed E-state index contributed by atoms with van der Waals surface area (Å²) in [6.45, 7) is 2.02. The Bertz CT molecular complexity index is 355. The van der Waals surface area contributed by atoms with Crippen LogP contribution in [0.2, 0.25) is 0 Å². The topological polar surface area (TPSA) is 59.0 Å². The SMILES string of the molecule is CC[C@@H](N)c1ccc(C#N)cc1OC. The summed E-state index contributed by atoms with van der Waals surface area (Å²) in [5.74, 6) is 0.693. The fraction of sp³-hybridized carbons (Fsp3) is 0.364. The number of rotatable bonds is 3. The molecule has 74 valence electrons. The monoisotopic (exact) mass is 190 g/mol. The molecule has 14 heavy (non-hydrogen) atoms. The van der Waals surface area contributed by atoms with Crippen LogP contribution in [0.3, 0.4) is 0 Å². The van der Waals surface area contributed by atoms with E-state index < -0.39 is 0 Å². The van der Waals surface area contributed by atoms with Crippen LogP contribution >= 0.6 is 0 Å². The van der Waals surface area contributed by atoms with Crippen LogP contribution in [0, 0.1) is 11.3 Å². The highest BCUT2D eigenvalue weighted by molar-refractivity contribution is 5.43. The van der Waals surface area contributed by atoms with E-state index in [1.54, 1.807) is 19.2 Å². The zero-order chi connectivity index (χ0) is 10.6. The van der Waals surface area contributed by atoms with Gasteiger partial charge in [0.2, 0.25) is 0 Å². The van der Waals surface area contributed by atoms with Crippen molar-refractivity contribution in [1.82, 2.24) is 0 Å². The number of methoxy groups -OCH3 is 1. The van der Waals surface area contributed by atoms with Crippen LogP contribution in [-0.4, -0.2) is 7.11 Å². The summed E-state index contributed by atoms with van der Waals surface area (Å²) in [6, 6.07) is 7.36. The van der Waals surface area contributed by atoms with Gasteiger partial charge in [0.05, 0.1) is 18.7 Å². The second-order valence-electron chi connectivity index (χ2n) is 3.08. The van der Waals surface area contributed by atoms with Crippen molar-refractivity contribution < 1.29 is 4.74 Å². The molecule has 0 aliphatic carbocycles. The Kier molecular flexibility index (Phi) is 3.49. The smallest absolute Gasteiger partial charge is 0.124 e. The van der Waals surface area contributed by atoms with Gasteiger partial charge in [0, 0.05) is 11.6 Å². The molecular formula is C11H14N2O. The Labute approximate surface area is 84.1 Å². The minimum atomic E-state index is -0.0299. The molecule has 0 fully saturated rings. The number of nitriles is 1. The van der Waals surface area contributed by atoms with Crippen molar-refractivity contribution in [1.29, 1.82) is 5.26 Å². The van der Waals surface area contributed by atoms with Crippen LogP contribution in [0.25, 0.3) is 0 Å². The van der Waals surface area contributed by atoms with Crippen molar-refractivity contribution in [3.63, 3.8) is 0 Å². The second-order valence-corrected chi connectivity index (χ2v) is 3.08. The van der Waals surface area contributed by atoms with Crippen molar-refractivity contribution in [2.45, 2.75) is 19.4 Å². The fourth-order valence-corrected chi connectivity index (χ4v) is 1.31. The molecule has 0 saturated heterocycles. The molecule has 3 heteroatoms. The Morgan fingerprint density at radius 1 is 1.57 bits per heavy atom. The summed E-state index contributed by atoms with van der Waals surface area (Å²) in [5, 5.41) is 8.71. The van der Waals surface area contributed by atoms with Crippen molar-refractivity contribution in [3.05, 3.63) is 29.3 Å². The Morgan fingerprint density at radius 3 is 2.79 bits per heavy atom. The maximum absolute atomic E-state index is 8.71. The lowest BCUT2D eigenvalue weighted by molar-refractivity contribution is 0.405. The molecular weight excluding hydrogens is 176 g/mol. The molecule has 1 aromatic rings. The summed E-state index contributed by atoms with van der Waals surface area (Å²) in [4.78, 5) is 0. The van der Waals surface area contributed by atoms with Gasteiger partial charge in [0.15, 0.2) is 0 Å². The van der Waals surface area contributed by atoms with E-state index >= 15 is 0 Å². The zero-order valence-corrected chi connectivity index (χ0v) is 8.45. The largest absolute Gasteiger partial charge is 0.496 e. The summed E-state index contributed by atoms with van der Waals surface area (Å²) in [6.07, 6.45) is 0.849. The first-order chi connectivity index (χ1) is 6.72. The van der Waals surface area contributed by atoms with Crippen LogP contribution in [0.5, 0.6) is 5.75 Å². The average Bonchev–Trinajstić information content (AvgIpc) is 2.27. The van der Waals surface area contributed by atoms with E-state index in [4.69, 9.17) is 15.7 Å². The summed E-state index contributed by atoms with van der Waals surface area (Å²) < 4.78 is 5.18. The van der Waals surface area contributed by atoms with Crippen LogP contribution in [0.1, 0.15) is 30.5 Å². The van der Waals surface area contributed by atoms with Gasteiger partial charge in [0.25, 0.3) is 0 Å². The number of hydrogen-bond donors (Lipinski definition) is 1. The van der Waals surface area contributed by atoms with Gasteiger partial charge >= 0.3 is 0 Å². The molecule has 1 aromatic carbocycles. The first-order valence-electron chi connectivity index (χ1n) is 4.56. The third kappa shape index (κ3) is 2.04. The lowest BCUT2D eigenvalue weighted by atomic mass is 10.0. The van der Waals surface area contributed by atoms with Crippen LogP contribution in [-0.2, 0) is 0 Å². The summed E-state index contributed by atoms with van der Waals surface area (Å²) in [7, 11) is 1.59. The first-order valence-corrected chi connectivity index (χ1v) is 4.56. The molecule has 0 unspecified atom stereocenters. The standard InChI is InChI=1S/C11H14N2O/c1-3-10(13)9-5-4-8(7-12)6-11(9)14-2/h4-6,10H,3,13H2,1-2H3/t10-/m1/s1. The molecule has 0 aromatic heterocycles. The summed E-state index contributed by atoms with van der Waals surface area (Å²) >= 11 is 0. The molecule has 0 amide bonds. The number of nitrogens with two attached hydrogens (primary N) is 1. The van der Waals surface area contributed by atoms with Gasteiger partial charge in [-0.3, -0.25) is 0 Å². The van der Waals surface area contributed by atoms with Gasteiger partial charge in [-0.15, -0.1) is 0 Å². The molecule has 0 radical (unpaired) electrons. The maximum atomic E-state index is 8.71. The second kappa shape index (κ2) is 4.64. The fourth-order valence-electron chi connectivity index (χ4n) is 1.31. The minimum absolute atomic E-state index is 0.0299. The highest BCUT2D eigenvalue weighted by Gasteiger charge is 2.10. The quantitative estimate of drug-likeness (QED) is 0.792. The minimum Gasteiger partial charge on any atom is -0.496 e. The molecule has 1 rings (SSSR count). The van der Waals surface area contributed by atoms with Crippen molar-refractivity contribution in [3.8, 4) is 11.8 Å². The molecule has 0 bridgehead atoms. The number of hydrogen-bond acceptors (Lipinski definition) is 3. The van der Waals surface area contributed by atoms with E-state index in [0.717, 1.165) is 12.0 Å². The molecule has 3 nitrogen and oxygen atoms in total. The van der Waals surface area contributed by atoms with Gasteiger partial charge in [-0.05, 0) is 18.6 Å². The van der Waals surface area contributed by atoms with Crippen LogP contribution in [0.4, 0.5) is 0 Å². The van der Waals surface area contributed by atoms with E-state index in [1.165, 1.54) is 0 Å². The van der Waals surface area contributed by atoms with Crippen LogP contribution < -0.4 is 10.5 Å². The van der Waals surface area contributed by atoms with Crippen molar-refractivity contribution >= 4 is 0 Å². The Morgan fingerprint density at radius 2 is 2.29 bits per heavy atom. The van der Waals surface area contributed by atoms with Crippen LogP contribution in [0.15, 0.2) is 18.2 Å². The molecule has 0 saturated carbocycles. The number of benzene rings is 1. The molecule has 1 atom stereocenters. The maximum Gasteiger partial charge on any atom is 0.124 e. The van der Waals surface area contributed by atoms with Crippen molar-refractivity contribution in [2.75, 3.05) is 7.11 Å². The first kappa shape index (κ1) is 10.6. The molecule has 0 aliphatic heterocycles. The average molecular weight is 190 g/mol. The zero-order valence-electron chi connectivity index (χ0n) is 8.45. The van der Waals surface area contributed by atoms with E-state index in [-0.39, 0.29) is 6.04 Å². The van der Waals surface area contributed by atoms with E-state index in [9.17, 15) is 0 Å². The van der Waals surface area contributed by atoms with Gasteiger partial charge in [-0.25, -0.2) is 0 Å². The molecule has 2 N–H and O–H groups in total. The highest BCUT2D eigenvalue weighted by Crippen LogP contribution is 2.26.